The van der Waals surface area contributed by atoms with Gasteiger partial charge in [-0.05, 0) is 25.2 Å². The van der Waals surface area contributed by atoms with Crippen molar-refractivity contribution < 1.29 is 14.3 Å². The zero-order valence-electron chi connectivity index (χ0n) is 13.3. The molecular weight excluding hydrogens is 256 g/mol. The number of rotatable bonds is 7. The highest BCUT2D eigenvalue weighted by Gasteiger charge is 2.41. The van der Waals surface area contributed by atoms with Gasteiger partial charge in [0, 0.05) is 13.2 Å². The Morgan fingerprint density at radius 1 is 1.25 bits per heavy atom. The van der Waals surface area contributed by atoms with Crippen LogP contribution in [0, 0.1) is 11.8 Å². The lowest BCUT2D eigenvalue weighted by Crippen LogP contribution is -2.65. The number of carbonyl (C=O) groups excluding carboxylic acids is 2. The molecule has 5 heteroatoms. The Hall–Kier alpha value is -1.10. The Balaban J connectivity index is 2.83. The predicted octanol–water partition coefficient (Wildman–Crippen LogP) is 1.42. The molecule has 1 aliphatic heterocycles. The van der Waals surface area contributed by atoms with E-state index in [2.05, 4.69) is 19.2 Å². The van der Waals surface area contributed by atoms with Crippen LogP contribution in [0.1, 0.15) is 41.0 Å². The Kier molecular flexibility index (Phi) is 6.46. The summed E-state index contributed by atoms with van der Waals surface area (Å²) in [5.74, 6) is 0.451. The van der Waals surface area contributed by atoms with Crippen molar-refractivity contribution in [3.63, 3.8) is 0 Å². The molecule has 116 valence electrons. The first-order valence-corrected chi connectivity index (χ1v) is 7.57. The highest BCUT2D eigenvalue weighted by molar-refractivity contribution is 5.97. The lowest BCUT2D eigenvalue weighted by molar-refractivity contribution is -0.152. The summed E-state index contributed by atoms with van der Waals surface area (Å²) < 4.78 is 5.34. The molecule has 0 aromatic carbocycles. The third-order valence-corrected chi connectivity index (χ3v) is 3.52. The normalized spacial score (nSPS) is 23.6. The minimum Gasteiger partial charge on any atom is -0.380 e. The van der Waals surface area contributed by atoms with Crippen LogP contribution in [0.25, 0.3) is 0 Å². The van der Waals surface area contributed by atoms with Crippen LogP contribution in [0.5, 0.6) is 0 Å². The standard InChI is InChI=1S/C15H28N2O3/c1-6-20-8-7-17-13(11(4)5)14(18)16-12(15(17)19)9-10(2)3/h10-13H,6-9H2,1-5H3,(H,16,18). The molecule has 0 aliphatic carbocycles. The Morgan fingerprint density at radius 3 is 2.40 bits per heavy atom. The number of ether oxygens (including phenoxy) is 1. The Labute approximate surface area is 122 Å². The highest BCUT2D eigenvalue weighted by atomic mass is 16.5. The van der Waals surface area contributed by atoms with Gasteiger partial charge in [-0.3, -0.25) is 9.59 Å². The topological polar surface area (TPSA) is 58.6 Å². The third-order valence-electron chi connectivity index (χ3n) is 3.52. The van der Waals surface area contributed by atoms with Gasteiger partial charge in [-0.2, -0.15) is 0 Å². The summed E-state index contributed by atoms with van der Waals surface area (Å²) in [6, 6.07) is -0.773. The maximum absolute atomic E-state index is 12.6. The van der Waals surface area contributed by atoms with E-state index in [1.165, 1.54) is 0 Å². The lowest BCUT2D eigenvalue weighted by atomic mass is 9.93. The molecule has 0 bridgehead atoms. The summed E-state index contributed by atoms with van der Waals surface area (Å²) in [6.07, 6.45) is 0.681. The Bertz CT molecular complexity index is 342. The van der Waals surface area contributed by atoms with Crippen LogP contribution in [0.2, 0.25) is 0 Å². The number of hydrogen-bond donors (Lipinski definition) is 1. The molecule has 20 heavy (non-hydrogen) atoms. The molecular formula is C15H28N2O3. The van der Waals surface area contributed by atoms with Crippen molar-refractivity contribution in [3.05, 3.63) is 0 Å². The highest BCUT2D eigenvalue weighted by Crippen LogP contribution is 2.20. The number of piperazine rings is 1. The molecule has 1 saturated heterocycles. The maximum Gasteiger partial charge on any atom is 0.245 e. The number of nitrogens with one attached hydrogen (secondary N) is 1. The smallest absolute Gasteiger partial charge is 0.245 e. The summed E-state index contributed by atoms with van der Waals surface area (Å²) in [5.41, 5.74) is 0. The van der Waals surface area contributed by atoms with E-state index in [4.69, 9.17) is 4.74 Å². The molecule has 0 aromatic heterocycles. The van der Waals surface area contributed by atoms with Gasteiger partial charge in [0.25, 0.3) is 0 Å². The van der Waals surface area contributed by atoms with Crippen molar-refractivity contribution in [2.45, 2.75) is 53.1 Å². The average Bonchev–Trinajstić information content (AvgIpc) is 2.33. The van der Waals surface area contributed by atoms with Crippen LogP contribution in [0.3, 0.4) is 0 Å². The van der Waals surface area contributed by atoms with Gasteiger partial charge in [0.05, 0.1) is 6.61 Å². The minimum atomic E-state index is -0.390. The third kappa shape index (κ3) is 4.20. The van der Waals surface area contributed by atoms with E-state index in [0.29, 0.717) is 32.1 Å². The molecule has 2 atom stereocenters. The van der Waals surface area contributed by atoms with Gasteiger partial charge in [0.2, 0.25) is 11.8 Å². The van der Waals surface area contributed by atoms with E-state index in [9.17, 15) is 9.59 Å². The SMILES string of the molecule is CCOCCN1C(=O)C(CC(C)C)NC(=O)C1C(C)C. The summed E-state index contributed by atoms with van der Waals surface area (Å²) in [6.45, 7) is 11.5. The van der Waals surface area contributed by atoms with Gasteiger partial charge in [0.1, 0.15) is 12.1 Å². The molecule has 0 aromatic rings. The van der Waals surface area contributed by atoms with Crippen molar-refractivity contribution in [2.24, 2.45) is 11.8 Å². The largest absolute Gasteiger partial charge is 0.380 e. The number of hydrogen-bond acceptors (Lipinski definition) is 3. The first-order valence-electron chi connectivity index (χ1n) is 7.57. The first-order chi connectivity index (χ1) is 9.38. The summed E-state index contributed by atoms with van der Waals surface area (Å²) >= 11 is 0. The van der Waals surface area contributed by atoms with Crippen molar-refractivity contribution in [3.8, 4) is 0 Å². The van der Waals surface area contributed by atoms with Crippen LogP contribution in [0.15, 0.2) is 0 Å². The van der Waals surface area contributed by atoms with Crippen molar-refractivity contribution in [1.29, 1.82) is 0 Å². The molecule has 1 fully saturated rings. The maximum atomic E-state index is 12.6. The molecule has 1 N–H and O–H groups in total. The van der Waals surface area contributed by atoms with Crippen molar-refractivity contribution in [1.82, 2.24) is 10.2 Å². The second-order valence-corrected chi connectivity index (χ2v) is 6.11. The quantitative estimate of drug-likeness (QED) is 0.719. The van der Waals surface area contributed by atoms with Gasteiger partial charge in [-0.1, -0.05) is 27.7 Å². The number of nitrogens with zero attached hydrogens (tertiary/aromatic N) is 1. The van der Waals surface area contributed by atoms with E-state index >= 15 is 0 Å². The first kappa shape index (κ1) is 17.0. The average molecular weight is 284 g/mol. The van der Waals surface area contributed by atoms with Crippen molar-refractivity contribution >= 4 is 11.8 Å². The predicted molar refractivity (Wildman–Crippen MR) is 78.2 cm³/mol. The van der Waals surface area contributed by atoms with Crippen LogP contribution < -0.4 is 5.32 Å². The van der Waals surface area contributed by atoms with E-state index in [1.54, 1.807) is 4.90 Å². The second-order valence-electron chi connectivity index (χ2n) is 6.11. The summed E-state index contributed by atoms with van der Waals surface area (Å²) in [4.78, 5) is 26.5. The van der Waals surface area contributed by atoms with E-state index in [1.807, 2.05) is 20.8 Å². The monoisotopic (exact) mass is 284 g/mol. The zero-order valence-corrected chi connectivity index (χ0v) is 13.3. The van der Waals surface area contributed by atoms with E-state index < -0.39 is 0 Å². The lowest BCUT2D eigenvalue weighted by Gasteiger charge is -2.41. The fourth-order valence-corrected chi connectivity index (χ4v) is 2.65. The van der Waals surface area contributed by atoms with Gasteiger partial charge >= 0.3 is 0 Å². The van der Waals surface area contributed by atoms with Crippen LogP contribution in [-0.2, 0) is 14.3 Å². The molecule has 0 spiro atoms. The molecule has 1 rings (SSSR count). The molecule has 2 amide bonds. The van der Waals surface area contributed by atoms with Gasteiger partial charge in [-0.15, -0.1) is 0 Å². The molecule has 5 nitrogen and oxygen atoms in total. The van der Waals surface area contributed by atoms with Gasteiger partial charge in [-0.25, -0.2) is 0 Å². The second kappa shape index (κ2) is 7.62. The summed E-state index contributed by atoms with van der Waals surface area (Å²) in [5, 5.41) is 2.88. The number of amides is 2. The van der Waals surface area contributed by atoms with E-state index in [-0.39, 0.29) is 29.8 Å². The zero-order chi connectivity index (χ0) is 15.3. The molecule has 0 saturated carbocycles. The fraction of sp³-hybridized carbons (Fsp3) is 0.867. The van der Waals surface area contributed by atoms with Gasteiger partial charge < -0.3 is 15.0 Å². The fourth-order valence-electron chi connectivity index (χ4n) is 2.65. The molecule has 1 aliphatic rings. The minimum absolute atomic E-state index is 0.0247. The number of carbonyl (C=O) groups is 2. The van der Waals surface area contributed by atoms with Crippen LogP contribution in [0.4, 0.5) is 0 Å². The van der Waals surface area contributed by atoms with Crippen molar-refractivity contribution in [2.75, 3.05) is 19.8 Å². The molecule has 2 unspecified atom stereocenters. The van der Waals surface area contributed by atoms with Crippen LogP contribution in [-0.4, -0.2) is 48.6 Å². The van der Waals surface area contributed by atoms with E-state index in [0.717, 1.165) is 0 Å². The van der Waals surface area contributed by atoms with Crippen LogP contribution >= 0.6 is 0 Å². The molecule has 0 radical (unpaired) electrons. The Morgan fingerprint density at radius 2 is 1.90 bits per heavy atom. The van der Waals surface area contributed by atoms with Gasteiger partial charge in [0.15, 0.2) is 0 Å². The summed E-state index contributed by atoms with van der Waals surface area (Å²) in [7, 11) is 0. The molecule has 1 heterocycles.